The van der Waals surface area contributed by atoms with E-state index in [1.807, 2.05) is 0 Å². The van der Waals surface area contributed by atoms with Crippen LogP contribution in [0.25, 0.3) is 0 Å². The summed E-state index contributed by atoms with van der Waals surface area (Å²) in [4.78, 5) is 0. The summed E-state index contributed by atoms with van der Waals surface area (Å²) in [6, 6.07) is 8.38. The van der Waals surface area contributed by atoms with E-state index in [9.17, 15) is 0 Å². The van der Waals surface area contributed by atoms with Crippen LogP contribution in [0, 0.1) is 11.8 Å². The minimum atomic E-state index is -0.236. The van der Waals surface area contributed by atoms with Gasteiger partial charge in [0.15, 0.2) is 0 Å². The molecule has 14 heavy (non-hydrogen) atoms. The van der Waals surface area contributed by atoms with Gasteiger partial charge in [-0.1, -0.05) is 36.1 Å². The predicted molar refractivity (Wildman–Crippen MR) is 56.9 cm³/mol. The summed E-state index contributed by atoms with van der Waals surface area (Å²) >= 11 is 0. The lowest BCUT2D eigenvalue weighted by Gasteiger charge is -2.27. The second-order valence-electron chi connectivity index (χ2n) is 3.80. The summed E-state index contributed by atoms with van der Waals surface area (Å²) in [6.45, 7) is 2.10. The van der Waals surface area contributed by atoms with Crippen LogP contribution in [0.4, 0.5) is 0 Å². The van der Waals surface area contributed by atoms with Crippen molar-refractivity contribution < 1.29 is 4.74 Å². The molecular weight excluding hydrogens is 172 g/mol. The van der Waals surface area contributed by atoms with Gasteiger partial charge in [-0.05, 0) is 18.1 Å². The molecule has 0 bridgehead atoms. The highest BCUT2D eigenvalue weighted by Crippen LogP contribution is 2.32. The van der Waals surface area contributed by atoms with E-state index in [1.54, 1.807) is 7.11 Å². The number of fused-ring (bicyclic) bond motifs is 1. The Balaban J connectivity index is 2.54. The van der Waals surface area contributed by atoms with Gasteiger partial charge in [0.05, 0.1) is 0 Å². The van der Waals surface area contributed by atoms with E-state index >= 15 is 0 Å². The van der Waals surface area contributed by atoms with Crippen molar-refractivity contribution in [2.45, 2.75) is 25.4 Å². The Morgan fingerprint density at radius 1 is 1.29 bits per heavy atom. The first-order valence-electron chi connectivity index (χ1n) is 4.85. The van der Waals surface area contributed by atoms with Crippen LogP contribution in [0.2, 0.25) is 0 Å². The fourth-order valence-electron chi connectivity index (χ4n) is 1.86. The molecule has 72 valence electrons. The molecule has 0 N–H and O–H groups in total. The van der Waals surface area contributed by atoms with E-state index in [-0.39, 0.29) is 5.60 Å². The van der Waals surface area contributed by atoms with E-state index < -0.39 is 0 Å². The van der Waals surface area contributed by atoms with E-state index in [0.717, 1.165) is 12.8 Å². The fourth-order valence-corrected chi connectivity index (χ4v) is 1.86. The lowest BCUT2D eigenvalue weighted by Crippen LogP contribution is -2.24. The van der Waals surface area contributed by atoms with Gasteiger partial charge in [-0.15, -0.1) is 0 Å². The molecule has 0 fully saturated rings. The average molecular weight is 186 g/mol. The molecule has 2 rings (SSSR count). The molecule has 1 aromatic rings. The molecule has 1 atom stereocenters. The molecule has 0 aromatic heterocycles. The molecule has 1 aliphatic carbocycles. The van der Waals surface area contributed by atoms with Crippen LogP contribution in [0.5, 0.6) is 0 Å². The molecule has 0 saturated heterocycles. The molecule has 0 aliphatic heterocycles. The molecule has 0 heterocycles. The number of ether oxygens (including phenoxy) is 1. The van der Waals surface area contributed by atoms with Crippen LogP contribution in [0.3, 0.4) is 0 Å². The summed E-state index contributed by atoms with van der Waals surface area (Å²) in [5, 5.41) is 0. The number of rotatable bonds is 1. The number of methoxy groups -OCH3 is 1. The molecule has 1 nitrogen and oxygen atoms in total. The van der Waals surface area contributed by atoms with Crippen LogP contribution in [0.1, 0.15) is 24.5 Å². The fraction of sp³-hybridized carbons (Fsp3) is 0.385. The summed E-state index contributed by atoms with van der Waals surface area (Å²) in [5.41, 5.74) is 2.32. The van der Waals surface area contributed by atoms with Crippen molar-refractivity contribution >= 4 is 0 Å². The zero-order chi connectivity index (χ0) is 10.0. The van der Waals surface area contributed by atoms with Crippen LogP contribution >= 0.6 is 0 Å². The van der Waals surface area contributed by atoms with Gasteiger partial charge in [-0.2, -0.15) is 0 Å². The molecule has 0 amide bonds. The summed E-state index contributed by atoms with van der Waals surface area (Å²) in [7, 11) is 1.75. The van der Waals surface area contributed by atoms with E-state index in [1.165, 1.54) is 11.1 Å². The molecule has 1 aliphatic rings. The van der Waals surface area contributed by atoms with Crippen molar-refractivity contribution in [3.05, 3.63) is 35.4 Å². The van der Waals surface area contributed by atoms with Crippen molar-refractivity contribution in [1.29, 1.82) is 0 Å². The Morgan fingerprint density at radius 3 is 2.86 bits per heavy atom. The smallest absolute Gasteiger partial charge is 0.101 e. The van der Waals surface area contributed by atoms with Gasteiger partial charge >= 0.3 is 0 Å². The quantitative estimate of drug-likeness (QED) is 0.612. The number of hydrogen-bond acceptors (Lipinski definition) is 1. The van der Waals surface area contributed by atoms with Crippen LogP contribution in [-0.4, -0.2) is 7.11 Å². The molecule has 0 spiro atoms. The lowest BCUT2D eigenvalue weighted by atomic mass is 9.89. The van der Waals surface area contributed by atoms with Crippen LogP contribution in [-0.2, 0) is 16.8 Å². The van der Waals surface area contributed by atoms with Crippen molar-refractivity contribution in [2.75, 3.05) is 7.11 Å². The van der Waals surface area contributed by atoms with Gasteiger partial charge in [0, 0.05) is 20.0 Å². The van der Waals surface area contributed by atoms with Crippen molar-refractivity contribution in [2.24, 2.45) is 0 Å². The molecule has 1 heteroatoms. The summed E-state index contributed by atoms with van der Waals surface area (Å²) in [5.74, 6) is 6.32. The third-order valence-electron chi connectivity index (χ3n) is 2.87. The molecule has 0 radical (unpaired) electrons. The first-order valence-corrected chi connectivity index (χ1v) is 4.85. The third kappa shape index (κ3) is 1.42. The van der Waals surface area contributed by atoms with Gasteiger partial charge < -0.3 is 4.74 Å². The van der Waals surface area contributed by atoms with Crippen LogP contribution < -0.4 is 0 Å². The van der Waals surface area contributed by atoms with E-state index in [0.29, 0.717) is 0 Å². The standard InChI is InChI=1S/C13H14O/c1-13(14-2)10-6-5-8-11-7-3-4-9-12(11)13/h3-4,7,9H,8,10H2,1-2H3. The SMILES string of the molecule is COC1(C)CC#CCc2ccccc21. The van der Waals surface area contributed by atoms with Gasteiger partial charge in [-0.25, -0.2) is 0 Å². The normalized spacial score (nSPS) is 24.4. The lowest BCUT2D eigenvalue weighted by molar-refractivity contribution is 0.00621. The molecule has 1 unspecified atom stereocenters. The highest BCUT2D eigenvalue weighted by atomic mass is 16.5. The minimum Gasteiger partial charge on any atom is -0.373 e. The van der Waals surface area contributed by atoms with Crippen molar-refractivity contribution in [3.8, 4) is 11.8 Å². The van der Waals surface area contributed by atoms with E-state index in [4.69, 9.17) is 4.74 Å². The summed E-state index contributed by atoms with van der Waals surface area (Å²) < 4.78 is 5.58. The number of hydrogen-bond donors (Lipinski definition) is 0. The van der Waals surface area contributed by atoms with E-state index in [2.05, 4.69) is 43.0 Å². The molecular formula is C13H14O. The average Bonchev–Trinajstić information content (AvgIpc) is 2.40. The monoisotopic (exact) mass is 186 g/mol. The molecule has 1 aromatic carbocycles. The largest absolute Gasteiger partial charge is 0.373 e. The van der Waals surface area contributed by atoms with Gasteiger partial charge in [0.2, 0.25) is 0 Å². The highest BCUT2D eigenvalue weighted by Gasteiger charge is 2.28. The minimum absolute atomic E-state index is 0.236. The Hall–Kier alpha value is -1.26. The van der Waals surface area contributed by atoms with Crippen LogP contribution in [0.15, 0.2) is 24.3 Å². The second-order valence-corrected chi connectivity index (χ2v) is 3.80. The van der Waals surface area contributed by atoms with Crippen molar-refractivity contribution in [3.63, 3.8) is 0 Å². The van der Waals surface area contributed by atoms with Gasteiger partial charge in [0.1, 0.15) is 5.60 Å². The second kappa shape index (κ2) is 3.48. The Labute approximate surface area is 85.1 Å². The first-order chi connectivity index (χ1) is 6.76. The third-order valence-corrected chi connectivity index (χ3v) is 2.87. The van der Waals surface area contributed by atoms with Gasteiger partial charge in [-0.3, -0.25) is 0 Å². The zero-order valence-electron chi connectivity index (χ0n) is 8.63. The predicted octanol–water partition coefficient (Wildman–Crippen LogP) is 2.50. The zero-order valence-corrected chi connectivity index (χ0v) is 8.63. The maximum absolute atomic E-state index is 5.58. The molecule has 0 saturated carbocycles. The maximum Gasteiger partial charge on any atom is 0.101 e. The Kier molecular flexibility index (Phi) is 2.31. The number of benzene rings is 1. The summed E-state index contributed by atoms with van der Waals surface area (Å²) in [6.07, 6.45) is 1.62. The highest BCUT2D eigenvalue weighted by molar-refractivity contribution is 5.38. The van der Waals surface area contributed by atoms with Gasteiger partial charge in [0.25, 0.3) is 0 Å². The first kappa shape index (κ1) is 9.30. The topological polar surface area (TPSA) is 9.23 Å². The Morgan fingerprint density at radius 2 is 2.07 bits per heavy atom. The maximum atomic E-state index is 5.58. The van der Waals surface area contributed by atoms with Crippen molar-refractivity contribution in [1.82, 2.24) is 0 Å². The Bertz CT molecular complexity index is 397.